The Morgan fingerprint density at radius 1 is 1.67 bits per heavy atom. The third kappa shape index (κ3) is 1.72. The van der Waals surface area contributed by atoms with Gasteiger partial charge >= 0.3 is 5.97 Å². The van der Waals surface area contributed by atoms with Gasteiger partial charge in [0.05, 0.1) is 5.92 Å². The molecule has 3 N–H and O–H groups in total. The number of alkyl halides is 2. The Kier molecular flexibility index (Phi) is 2.32. The van der Waals surface area contributed by atoms with Crippen LogP contribution in [-0.2, 0) is 4.79 Å². The van der Waals surface area contributed by atoms with Crippen LogP contribution >= 0.6 is 0 Å². The zero-order chi connectivity index (χ0) is 9.35. The average molecular weight is 179 g/mol. The molecule has 1 aliphatic rings. The molecule has 1 fully saturated rings. The standard InChI is InChI=1S/C7H11F2NO2/c8-7(9)1-4(2-7)5(3-10)6(11)12/h4-5H,1-3,10H2,(H,11,12). The van der Waals surface area contributed by atoms with E-state index < -0.39 is 23.7 Å². The summed E-state index contributed by atoms with van der Waals surface area (Å²) in [5.41, 5.74) is 5.15. The lowest BCUT2D eigenvalue weighted by atomic mass is 9.73. The molecule has 0 radical (unpaired) electrons. The number of carbonyl (C=O) groups is 1. The van der Waals surface area contributed by atoms with E-state index in [4.69, 9.17) is 10.8 Å². The highest BCUT2D eigenvalue weighted by Crippen LogP contribution is 2.45. The number of aliphatic carboxylic acids is 1. The minimum atomic E-state index is -2.66. The first-order chi connectivity index (χ1) is 5.46. The van der Waals surface area contributed by atoms with Gasteiger partial charge in [-0.1, -0.05) is 0 Å². The molecule has 0 spiro atoms. The van der Waals surface area contributed by atoms with E-state index in [-0.39, 0.29) is 19.4 Å². The second-order valence-electron chi connectivity index (χ2n) is 3.20. The molecular formula is C7H11F2NO2. The summed E-state index contributed by atoms with van der Waals surface area (Å²) in [6, 6.07) is 0. The molecule has 0 amide bonds. The predicted molar refractivity (Wildman–Crippen MR) is 37.9 cm³/mol. The zero-order valence-corrected chi connectivity index (χ0v) is 6.46. The molecular weight excluding hydrogens is 168 g/mol. The Bertz CT molecular complexity index is 188. The van der Waals surface area contributed by atoms with Crippen LogP contribution in [0.25, 0.3) is 0 Å². The predicted octanol–water partition coefficient (Wildman–Crippen LogP) is 0.691. The van der Waals surface area contributed by atoms with Gasteiger partial charge in [0, 0.05) is 19.4 Å². The summed E-state index contributed by atoms with van der Waals surface area (Å²) in [4.78, 5) is 10.5. The lowest BCUT2D eigenvalue weighted by molar-refractivity contribution is -0.158. The van der Waals surface area contributed by atoms with Gasteiger partial charge in [0.2, 0.25) is 5.92 Å². The monoisotopic (exact) mass is 179 g/mol. The van der Waals surface area contributed by atoms with Crippen molar-refractivity contribution in [1.29, 1.82) is 0 Å². The molecule has 0 saturated heterocycles. The third-order valence-corrected chi connectivity index (χ3v) is 2.26. The molecule has 70 valence electrons. The van der Waals surface area contributed by atoms with E-state index in [0.29, 0.717) is 0 Å². The second kappa shape index (κ2) is 2.97. The first-order valence-electron chi connectivity index (χ1n) is 3.77. The van der Waals surface area contributed by atoms with Crippen molar-refractivity contribution in [1.82, 2.24) is 0 Å². The summed E-state index contributed by atoms with van der Waals surface area (Å²) < 4.78 is 24.6. The van der Waals surface area contributed by atoms with E-state index in [9.17, 15) is 13.6 Å². The van der Waals surface area contributed by atoms with E-state index >= 15 is 0 Å². The molecule has 1 saturated carbocycles. The molecule has 0 aliphatic heterocycles. The van der Waals surface area contributed by atoms with Crippen LogP contribution in [0.2, 0.25) is 0 Å². The molecule has 1 rings (SSSR count). The van der Waals surface area contributed by atoms with Crippen LogP contribution in [0.4, 0.5) is 8.78 Å². The van der Waals surface area contributed by atoms with E-state index in [1.165, 1.54) is 0 Å². The molecule has 1 atom stereocenters. The number of hydrogen-bond donors (Lipinski definition) is 2. The maximum absolute atomic E-state index is 12.3. The minimum absolute atomic E-state index is 0.0594. The van der Waals surface area contributed by atoms with Gasteiger partial charge in [-0.05, 0) is 5.92 Å². The third-order valence-electron chi connectivity index (χ3n) is 2.26. The van der Waals surface area contributed by atoms with Gasteiger partial charge in [0.25, 0.3) is 0 Å². The number of carboxylic acids is 1. The molecule has 0 heterocycles. The molecule has 3 nitrogen and oxygen atoms in total. The van der Waals surface area contributed by atoms with Crippen molar-refractivity contribution in [2.75, 3.05) is 6.54 Å². The topological polar surface area (TPSA) is 63.3 Å². The van der Waals surface area contributed by atoms with Crippen molar-refractivity contribution in [2.24, 2.45) is 17.6 Å². The molecule has 0 aromatic carbocycles. The fourth-order valence-electron chi connectivity index (χ4n) is 1.49. The van der Waals surface area contributed by atoms with Crippen LogP contribution in [0.1, 0.15) is 12.8 Å². The SMILES string of the molecule is NCC(C(=O)O)C1CC(F)(F)C1. The van der Waals surface area contributed by atoms with Crippen molar-refractivity contribution >= 4 is 5.97 Å². The van der Waals surface area contributed by atoms with Gasteiger partial charge in [-0.3, -0.25) is 4.79 Å². The van der Waals surface area contributed by atoms with Gasteiger partial charge in [0.15, 0.2) is 0 Å². The maximum Gasteiger partial charge on any atom is 0.308 e. The number of halogens is 2. The number of carboxylic acid groups (broad SMARTS) is 1. The summed E-state index contributed by atoms with van der Waals surface area (Å²) >= 11 is 0. The maximum atomic E-state index is 12.3. The van der Waals surface area contributed by atoms with Crippen molar-refractivity contribution in [3.8, 4) is 0 Å². The minimum Gasteiger partial charge on any atom is -0.481 e. The van der Waals surface area contributed by atoms with Crippen LogP contribution in [-0.4, -0.2) is 23.5 Å². The van der Waals surface area contributed by atoms with Crippen molar-refractivity contribution in [2.45, 2.75) is 18.8 Å². The molecule has 0 bridgehead atoms. The highest BCUT2D eigenvalue weighted by molar-refractivity contribution is 5.70. The lowest BCUT2D eigenvalue weighted by Crippen LogP contribution is -2.44. The zero-order valence-electron chi connectivity index (χ0n) is 6.46. The first-order valence-corrected chi connectivity index (χ1v) is 3.77. The lowest BCUT2D eigenvalue weighted by Gasteiger charge is -2.37. The van der Waals surface area contributed by atoms with E-state index in [0.717, 1.165) is 0 Å². The number of hydrogen-bond acceptors (Lipinski definition) is 2. The normalized spacial score (nSPS) is 24.6. The smallest absolute Gasteiger partial charge is 0.308 e. The summed E-state index contributed by atoms with van der Waals surface area (Å²) in [5.74, 6) is -4.97. The number of nitrogens with two attached hydrogens (primary N) is 1. The Labute approximate surface area is 68.5 Å². The summed E-state index contributed by atoms with van der Waals surface area (Å²) in [7, 11) is 0. The van der Waals surface area contributed by atoms with Crippen molar-refractivity contribution < 1.29 is 18.7 Å². The molecule has 12 heavy (non-hydrogen) atoms. The van der Waals surface area contributed by atoms with Crippen LogP contribution < -0.4 is 5.73 Å². The van der Waals surface area contributed by atoms with Gasteiger partial charge in [-0.15, -0.1) is 0 Å². The Hall–Kier alpha value is -0.710. The second-order valence-corrected chi connectivity index (χ2v) is 3.20. The molecule has 0 aromatic rings. The largest absolute Gasteiger partial charge is 0.481 e. The molecule has 0 aromatic heterocycles. The van der Waals surface area contributed by atoms with Gasteiger partial charge in [0.1, 0.15) is 0 Å². The van der Waals surface area contributed by atoms with Gasteiger partial charge in [-0.25, -0.2) is 8.78 Å². The van der Waals surface area contributed by atoms with E-state index in [2.05, 4.69) is 0 Å². The Morgan fingerprint density at radius 3 is 2.42 bits per heavy atom. The molecule has 5 heteroatoms. The van der Waals surface area contributed by atoms with E-state index in [1.54, 1.807) is 0 Å². The van der Waals surface area contributed by atoms with Crippen LogP contribution in [0, 0.1) is 11.8 Å². The number of rotatable bonds is 3. The van der Waals surface area contributed by atoms with E-state index in [1.807, 2.05) is 0 Å². The molecule has 1 aliphatic carbocycles. The van der Waals surface area contributed by atoms with Crippen LogP contribution in [0.3, 0.4) is 0 Å². The van der Waals surface area contributed by atoms with Crippen LogP contribution in [0.5, 0.6) is 0 Å². The van der Waals surface area contributed by atoms with Crippen molar-refractivity contribution in [3.63, 3.8) is 0 Å². The Balaban J connectivity index is 2.45. The van der Waals surface area contributed by atoms with Crippen molar-refractivity contribution in [3.05, 3.63) is 0 Å². The first kappa shape index (κ1) is 9.38. The summed E-state index contributed by atoms with van der Waals surface area (Å²) in [5, 5.41) is 8.55. The summed E-state index contributed by atoms with van der Waals surface area (Å²) in [6.45, 7) is -0.0594. The highest BCUT2D eigenvalue weighted by Gasteiger charge is 2.49. The fraction of sp³-hybridized carbons (Fsp3) is 0.857. The fourth-order valence-corrected chi connectivity index (χ4v) is 1.49. The summed E-state index contributed by atoms with van der Waals surface area (Å²) in [6.07, 6.45) is -0.664. The van der Waals surface area contributed by atoms with Gasteiger partial charge in [-0.2, -0.15) is 0 Å². The average Bonchev–Trinajstić information content (AvgIpc) is 1.84. The quantitative estimate of drug-likeness (QED) is 0.670. The van der Waals surface area contributed by atoms with Gasteiger partial charge < -0.3 is 10.8 Å². The Morgan fingerprint density at radius 2 is 2.17 bits per heavy atom. The van der Waals surface area contributed by atoms with Crippen LogP contribution in [0.15, 0.2) is 0 Å². The highest BCUT2D eigenvalue weighted by atomic mass is 19.3. The molecule has 1 unspecified atom stereocenters.